The van der Waals surface area contributed by atoms with Gasteiger partial charge in [0.25, 0.3) is 5.91 Å². The number of hydrogen-bond acceptors (Lipinski definition) is 2. The zero-order valence-electron chi connectivity index (χ0n) is 17.8. The van der Waals surface area contributed by atoms with Crippen LogP contribution in [0.5, 0.6) is 0 Å². The number of hydrogen-bond donors (Lipinski definition) is 2. The summed E-state index contributed by atoms with van der Waals surface area (Å²) in [5, 5.41) is 6.58. The number of fused-ring (bicyclic) bond motifs is 1. The van der Waals surface area contributed by atoms with Gasteiger partial charge in [0.1, 0.15) is 0 Å². The molecule has 3 amide bonds. The summed E-state index contributed by atoms with van der Waals surface area (Å²) in [5.74, 6) is -0.171. The van der Waals surface area contributed by atoms with Crippen molar-refractivity contribution >= 4 is 34.9 Å². The SMILES string of the molecule is O=C(NCCc1ccc(Cl)cc1)c1cccc(NC(=O)N2CCCCc3ccccc32)c1. The molecule has 0 unspecified atom stereocenters. The van der Waals surface area contributed by atoms with Gasteiger partial charge in [-0.2, -0.15) is 0 Å². The first-order chi connectivity index (χ1) is 15.6. The molecule has 164 valence electrons. The van der Waals surface area contributed by atoms with Gasteiger partial charge in [0.15, 0.2) is 0 Å². The molecular formula is C26H26ClN3O2. The molecule has 0 aromatic heterocycles. The molecule has 32 heavy (non-hydrogen) atoms. The molecule has 3 aromatic carbocycles. The van der Waals surface area contributed by atoms with Gasteiger partial charge in [-0.15, -0.1) is 0 Å². The fourth-order valence-electron chi connectivity index (χ4n) is 3.90. The Kier molecular flexibility index (Phi) is 7.07. The molecule has 0 bridgehead atoms. The second kappa shape index (κ2) is 10.3. The standard InChI is InChI=1S/C26H26ClN3O2/c27-22-13-11-19(12-14-22)15-16-28-25(31)21-8-5-9-23(18-21)29-26(32)30-17-4-3-7-20-6-1-2-10-24(20)30/h1-2,5-6,8-14,18H,3-4,7,15-17H2,(H,28,31)(H,29,32). The summed E-state index contributed by atoms with van der Waals surface area (Å²) in [4.78, 5) is 27.4. The molecule has 0 radical (unpaired) electrons. The molecule has 1 aliphatic heterocycles. The average molecular weight is 448 g/mol. The monoisotopic (exact) mass is 447 g/mol. The summed E-state index contributed by atoms with van der Waals surface area (Å²) in [5.41, 5.74) is 4.36. The van der Waals surface area contributed by atoms with Crippen molar-refractivity contribution in [3.63, 3.8) is 0 Å². The van der Waals surface area contributed by atoms with E-state index in [9.17, 15) is 9.59 Å². The van der Waals surface area contributed by atoms with E-state index < -0.39 is 0 Å². The van der Waals surface area contributed by atoms with E-state index in [0.29, 0.717) is 35.8 Å². The van der Waals surface area contributed by atoms with Crippen molar-refractivity contribution < 1.29 is 9.59 Å². The topological polar surface area (TPSA) is 61.4 Å². The molecular weight excluding hydrogens is 422 g/mol. The molecule has 0 spiro atoms. The molecule has 6 heteroatoms. The van der Waals surface area contributed by atoms with Gasteiger partial charge in [0.05, 0.1) is 0 Å². The average Bonchev–Trinajstić information content (AvgIpc) is 3.03. The Labute approximate surface area is 193 Å². The Hall–Kier alpha value is -3.31. The molecule has 4 rings (SSSR count). The lowest BCUT2D eigenvalue weighted by atomic mass is 10.1. The van der Waals surface area contributed by atoms with Crippen molar-refractivity contribution in [3.8, 4) is 0 Å². The fourth-order valence-corrected chi connectivity index (χ4v) is 4.03. The number of aryl methyl sites for hydroxylation is 1. The third kappa shape index (κ3) is 5.48. The predicted octanol–water partition coefficient (Wildman–Crippen LogP) is 5.69. The minimum atomic E-state index is -0.181. The lowest BCUT2D eigenvalue weighted by molar-refractivity contribution is 0.0954. The first-order valence-electron chi connectivity index (χ1n) is 10.9. The lowest BCUT2D eigenvalue weighted by Crippen LogP contribution is -2.35. The number of halogens is 1. The maximum absolute atomic E-state index is 13.0. The second-order valence-electron chi connectivity index (χ2n) is 7.88. The van der Waals surface area contributed by atoms with E-state index in [2.05, 4.69) is 16.7 Å². The Morgan fingerprint density at radius 2 is 1.75 bits per heavy atom. The van der Waals surface area contributed by atoms with Crippen molar-refractivity contribution in [1.29, 1.82) is 0 Å². The maximum Gasteiger partial charge on any atom is 0.326 e. The number of carbonyl (C=O) groups excluding carboxylic acids is 2. The van der Waals surface area contributed by atoms with Gasteiger partial charge in [0, 0.05) is 35.1 Å². The van der Waals surface area contributed by atoms with Crippen molar-refractivity contribution in [2.24, 2.45) is 0 Å². The largest absolute Gasteiger partial charge is 0.352 e. The summed E-state index contributed by atoms with van der Waals surface area (Å²) < 4.78 is 0. The first kappa shape index (κ1) is 21.9. The number of nitrogens with one attached hydrogen (secondary N) is 2. The number of benzene rings is 3. The minimum Gasteiger partial charge on any atom is -0.352 e. The van der Waals surface area contributed by atoms with Gasteiger partial charge in [-0.1, -0.05) is 48.0 Å². The van der Waals surface area contributed by atoms with Crippen LogP contribution in [-0.4, -0.2) is 25.0 Å². The van der Waals surface area contributed by atoms with Gasteiger partial charge < -0.3 is 10.6 Å². The number of urea groups is 1. The Morgan fingerprint density at radius 3 is 2.59 bits per heavy atom. The van der Waals surface area contributed by atoms with E-state index in [0.717, 1.165) is 30.5 Å². The van der Waals surface area contributed by atoms with Gasteiger partial charge in [-0.25, -0.2) is 4.79 Å². The van der Waals surface area contributed by atoms with Gasteiger partial charge in [-0.3, -0.25) is 9.69 Å². The van der Waals surface area contributed by atoms with Crippen LogP contribution >= 0.6 is 11.6 Å². The number of rotatable bonds is 5. The second-order valence-corrected chi connectivity index (χ2v) is 8.32. The van der Waals surface area contributed by atoms with Gasteiger partial charge in [0.2, 0.25) is 0 Å². The quantitative estimate of drug-likeness (QED) is 0.528. The third-order valence-corrected chi connectivity index (χ3v) is 5.85. The normalized spacial score (nSPS) is 13.1. The van der Waals surface area contributed by atoms with Crippen LogP contribution in [0.2, 0.25) is 5.02 Å². The number of amides is 3. The van der Waals surface area contributed by atoms with Crippen molar-refractivity contribution in [2.75, 3.05) is 23.3 Å². The van der Waals surface area contributed by atoms with E-state index >= 15 is 0 Å². The zero-order chi connectivity index (χ0) is 22.3. The van der Waals surface area contributed by atoms with Crippen molar-refractivity contribution in [1.82, 2.24) is 5.32 Å². The van der Waals surface area contributed by atoms with Gasteiger partial charge >= 0.3 is 6.03 Å². The summed E-state index contributed by atoms with van der Waals surface area (Å²) in [6.45, 7) is 1.19. The highest BCUT2D eigenvalue weighted by Crippen LogP contribution is 2.27. The Bertz CT molecular complexity index is 1100. The summed E-state index contributed by atoms with van der Waals surface area (Å²) in [6.07, 6.45) is 3.71. The summed E-state index contributed by atoms with van der Waals surface area (Å²) in [6, 6.07) is 22.5. The van der Waals surface area contributed by atoms with Crippen LogP contribution in [-0.2, 0) is 12.8 Å². The molecule has 0 saturated carbocycles. The van der Waals surface area contributed by atoms with E-state index in [1.165, 1.54) is 5.56 Å². The maximum atomic E-state index is 13.0. The van der Waals surface area contributed by atoms with Crippen LogP contribution in [0.25, 0.3) is 0 Å². The number of para-hydroxylation sites is 1. The van der Waals surface area contributed by atoms with E-state index in [1.54, 1.807) is 29.2 Å². The third-order valence-electron chi connectivity index (χ3n) is 5.59. The highest BCUT2D eigenvalue weighted by Gasteiger charge is 2.21. The zero-order valence-corrected chi connectivity index (χ0v) is 18.6. The molecule has 1 aliphatic rings. The fraction of sp³-hybridized carbons (Fsp3) is 0.231. The van der Waals surface area contributed by atoms with Crippen LogP contribution in [0.15, 0.2) is 72.8 Å². The van der Waals surface area contributed by atoms with E-state index in [-0.39, 0.29) is 11.9 Å². The molecule has 5 nitrogen and oxygen atoms in total. The Morgan fingerprint density at radius 1 is 0.938 bits per heavy atom. The van der Waals surface area contributed by atoms with Crippen LogP contribution in [0.1, 0.15) is 34.3 Å². The minimum absolute atomic E-state index is 0.171. The van der Waals surface area contributed by atoms with Crippen LogP contribution in [0.3, 0.4) is 0 Å². The highest BCUT2D eigenvalue weighted by molar-refractivity contribution is 6.30. The number of anilines is 2. The smallest absolute Gasteiger partial charge is 0.326 e. The summed E-state index contributed by atoms with van der Waals surface area (Å²) >= 11 is 5.91. The molecule has 0 fully saturated rings. The van der Waals surface area contributed by atoms with Crippen LogP contribution < -0.4 is 15.5 Å². The van der Waals surface area contributed by atoms with Crippen molar-refractivity contribution in [3.05, 3.63) is 94.5 Å². The van der Waals surface area contributed by atoms with E-state index in [1.807, 2.05) is 42.5 Å². The highest BCUT2D eigenvalue weighted by atomic mass is 35.5. The molecule has 3 aromatic rings. The number of carbonyl (C=O) groups is 2. The Balaban J connectivity index is 1.38. The first-order valence-corrected chi connectivity index (χ1v) is 11.3. The molecule has 0 atom stereocenters. The molecule has 2 N–H and O–H groups in total. The van der Waals surface area contributed by atoms with Crippen LogP contribution in [0.4, 0.5) is 16.2 Å². The molecule has 0 saturated heterocycles. The summed E-state index contributed by atoms with van der Waals surface area (Å²) in [7, 11) is 0. The molecule has 1 heterocycles. The predicted molar refractivity (Wildman–Crippen MR) is 130 cm³/mol. The van der Waals surface area contributed by atoms with Gasteiger partial charge in [-0.05, 0) is 73.2 Å². The lowest BCUT2D eigenvalue weighted by Gasteiger charge is -2.23. The molecule has 0 aliphatic carbocycles. The van der Waals surface area contributed by atoms with Crippen LogP contribution in [0, 0.1) is 0 Å². The van der Waals surface area contributed by atoms with Crippen molar-refractivity contribution in [2.45, 2.75) is 25.7 Å². The number of nitrogens with zero attached hydrogens (tertiary/aromatic N) is 1. The van der Waals surface area contributed by atoms with E-state index in [4.69, 9.17) is 11.6 Å².